The van der Waals surface area contributed by atoms with Crippen LogP contribution in [0.15, 0.2) is 24.4 Å². The fraction of sp³-hybridized carbons (Fsp3) is 0.412. The Labute approximate surface area is 133 Å². The number of carbonyl (C=O) groups excluding carboxylic acids is 1. The summed E-state index contributed by atoms with van der Waals surface area (Å²) >= 11 is 0. The zero-order valence-electron chi connectivity index (χ0n) is 13.4. The van der Waals surface area contributed by atoms with E-state index in [9.17, 15) is 13.6 Å². The number of carbonyl (C=O) groups is 1. The summed E-state index contributed by atoms with van der Waals surface area (Å²) in [6.45, 7) is 7.11. The van der Waals surface area contributed by atoms with Crippen molar-refractivity contribution in [3.8, 4) is 0 Å². The highest BCUT2D eigenvalue weighted by atomic mass is 19.1. The van der Waals surface area contributed by atoms with Crippen LogP contribution in [0.1, 0.15) is 42.4 Å². The maximum absolute atomic E-state index is 13.8. The van der Waals surface area contributed by atoms with Crippen molar-refractivity contribution in [2.75, 3.05) is 6.54 Å². The molecule has 23 heavy (non-hydrogen) atoms. The molecule has 122 valence electrons. The van der Waals surface area contributed by atoms with Crippen LogP contribution in [0, 0.1) is 11.6 Å². The van der Waals surface area contributed by atoms with Crippen molar-refractivity contribution < 1.29 is 13.6 Å². The van der Waals surface area contributed by atoms with E-state index in [-0.39, 0.29) is 11.1 Å². The van der Waals surface area contributed by atoms with Gasteiger partial charge in [0.1, 0.15) is 11.6 Å². The SMILES string of the molecule is CC(C)(C)n1ncc2c1CCN(C(=O)c1ccc(F)cc1F)C2. The van der Waals surface area contributed by atoms with Gasteiger partial charge in [0.15, 0.2) is 0 Å². The summed E-state index contributed by atoms with van der Waals surface area (Å²) in [6.07, 6.45) is 2.43. The number of amides is 1. The van der Waals surface area contributed by atoms with Gasteiger partial charge in [0.05, 0.1) is 17.3 Å². The summed E-state index contributed by atoms with van der Waals surface area (Å²) in [5, 5.41) is 4.42. The first-order valence-corrected chi connectivity index (χ1v) is 7.58. The van der Waals surface area contributed by atoms with Crippen LogP contribution in [0.3, 0.4) is 0 Å². The normalized spacial score (nSPS) is 14.7. The monoisotopic (exact) mass is 319 g/mol. The van der Waals surface area contributed by atoms with Crippen molar-refractivity contribution in [2.45, 2.75) is 39.3 Å². The van der Waals surface area contributed by atoms with Crippen molar-refractivity contribution in [1.29, 1.82) is 0 Å². The number of benzene rings is 1. The molecule has 4 nitrogen and oxygen atoms in total. The maximum atomic E-state index is 13.8. The van der Waals surface area contributed by atoms with Crippen LogP contribution in [-0.2, 0) is 18.5 Å². The topological polar surface area (TPSA) is 38.1 Å². The third kappa shape index (κ3) is 2.85. The molecule has 0 bridgehead atoms. The first-order valence-electron chi connectivity index (χ1n) is 7.58. The third-order valence-corrected chi connectivity index (χ3v) is 4.02. The molecule has 0 saturated carbocycles. The average molecular weight is 319 g/mol. The zero-order valence-corrected chi connectivity index (χ0v) is 13.4. The molecule has 0 fully saturated rings. The Hall–Kier alpha value is -2.24. The minimum Gasteiger partial charge on any atom is -0.334 e. The Kier molecular flexibility index (Phi) is 3.70. The van der Waals surface area contributed by atoms with Gasteiger partial charge < -0.3 is 4.90 Å². The molecule has 1 aromatic carbocycles. The van der Waals surface area contributed by atoms with Crippen molar-refractivity contribution in [3.63, 3.8) is 0 Å². The summed E-state index contributed by atoms with van der Waals surface area (Å²) in [6, 6.07) is 3.03. The van der Waals surface area contributed by atoms with E-state index in [1.54, 1.807) is 11.1 Å². The number of aromatic nitrogens is 2. The van der Waals surface area contributed by atoms with Crippen molar-refractivity contribution in [3.05, 3.63) is 52.9 Å². The van der Waals surface area contributed by atoms with Gasteiger partial charge in [0.25, 0.3) is 5.91 Å². The van der Waals surface area contributed by atoms with Gasteiger partial charge in [0.2, 0.25) is 0 Å². The summed E-state index contributed by atoms with van der Waals surface area (Å²) in [7, 11) is 0. The molecule has 0 radical (unpaired) electrons. The molecule has 0 atom stereocenters. The van der Waals surface area contributed by atoms with Crippen LogP contribution in [0.25, 0.3) is 0 Å². The van der Waals surface area contributed by atoms with Crippen LogP contribution in [0.2, 0.25) is 0 Å². The fourth-order valence-electron chi connectivity index (χ4n) is 2.92. The molecule has 1 aliphatic rings. The highest BCUT2D eigenvalue weighted by Crippen LogP contribution is 2.25. The van der Waals surface area contributed by atoms with Crippen molar-refractivity contribution in [1.82, 2.24) is 14.7 Å². The molecule has 1 amide bonds. The number of fused-ring (bicyclic) bond motifs is 1. The van der Waals surface area contributed by atoms with Gasteiger partial charge in [-0.2, -0.15) is 5.10 Å². The van der Waals surface area contributed by atoms with Gasteiger partial charge in [0, 0.05) is 36.8 Å². The van der Waals surface area contributed by atoms with Crippen molar-refractivity contribution in [2.24, 2.45) is 0 Å². The molecule has 2 heterocycles. The maximum Gasteiger partial charge on any atom is 0.257 e. The summed E-state index contributed by atoms with van der Waals surface area (Å²) < 4.78 is 28.8. The summed E-state index contributed by atoms with van der Waals surface area (Å²) in [5.74, 6) is -1.94. The molecule has 2 aromatic rings. The Balaban J connectivity index is 1.85. The molecule has 0 spiro atoms. The molecule has 0 saturated heterocycles. The van der Waals surface area contributed by atoms with E-state index in [1.165, 1.54) is 6.07 Å². The summed E-state index contributed by atoms with van der Waals surface area (Å²) in [4.78, 5) is 14.1. The largest absolute Gasteiger partial charge is 0.334 e. The minimum absolute atomic E-state index is 0.0990. The number of halogens is 2. The van der Waals surface area contributed by atoms with Gasteiger partial charge in [-0.25, -0.2) is 8.78 Å². The van der Waals surface area contributed by atoms with E-state index >= 15 is 0 Å². The van der Waals surface area contributed by atoms with Gasteiger partial charge in [-0.05, 0) is 32.9 Å². The van der Waals surface area contributed by atoms with E-state index in [0.717, 1.165) is 23.4 Å². The standard InChI is InChI=1S/C17H19F2N3O/c1-17(2,3)22-15-6-7-21(10-11(15)9-20-22)16(23)13-5-4-12(18)8-14(13)19/h4-5,8-9H,6-7,10H2,1-3H3. The van der Waals surface area contributed by atoms with Crippen LogP contribution in [-0.4, -0.2) is 27.1 Å². The predicted molar refractivity (Wildman–Crippen MR) is 82.0 cm³/mol. The number of nitrogens with zero attached hydrogens (tertiary/aromatic N) is 3. The van der Waals surface area contributed by atoms with E-state index in [0.29, 0.717) is 19.5 Å². The lowest BCUT2D eigenvalue weighted by Gasteiger charge is -2.30. The molecule has 1 aromatic heterocycles. The molecule has 1 aliphatic heterocycles. The Bertz CT molecular complexity index is 762. The lowest BCUT2D eigenvalue weighted by molar-refractivity contribution is 0.0727. The minimum atomic E-state index is -0.828. The first-order chi connectivity index (χ1) is 10.8. The first kappa shape index (κ1) is 15.6. The Morgan fingerprint density at radius 1 is 1.26 bits per heavy atom. The molecule has 6 heteroatoms. The highest BCUT2D eigenvalue weighted by molar-refractivity contribution is 5.94. The quantitative estimate of drug-likeness (QED) is 0.810. The second kappa shape index (κ2) is 5.44. The fourth-order valence-corrected chi connectivity index (χ4v) is 2.92. The molecular formula is C17H19F2N3O. The van der Waals surface area contributed by atoms with Crippen LogP contribution in [0.4, 0.5) is 8.78 Å². The van der Waals surface area contributed by atoms with Gasteiger partial charge in [-0.3, -0.25) is 9.48 Å². The van der Waals surface area contributed by atoms with Crippen LogP contribution in [0.5, 0.6) is 0 Å². The van der Waals surface area contributed by atoms with E-state index in [4.69, 9.17) is 0 Å². The molecular weight excluding hydrogens is 300 g/mol. The molecule has 0 N–H and O–H groups in total. The predicted octanol–water partition coefficient (Wildman–Crippen LogP) is 3.11. The Morgan fingerprint density at radius 3 is 2.65 bits per heavy atom. The third-order valence-electron chi connectivity index (χ3n) is 4.02. The second-order valence-corrected chi connectivity index (χ2v) is 6.80. The lowest BCUT2D eigenvalue weighted by atomic mass is 10.0. The highest BCUT2D eigenvalue weighted by Gasteiger charge is 2.28. The van der Waals surface area contributed by atoms with Gasteiger partial charge in [-0.15, -0.1) is 0 Å². The van der Waals surface area contributed by atoms with Gasteiger partial charge in [-0.1, -0.05) is 0 Å². The average Bonchev–Trinajstić information content (AvgIpc) is 2.89. The zero-order chi connectivity index (χ0) is 16.8. The van der Waals surface area contributed by atoms with Crippen LogP contribution >= 0.6 is 0 Å². The molecule has 3 rings (SSSR count). The smallest absolute Gasteiger partial charge is 0.257 e. The number of rotatable bonds is 1. The molecule has 0 unspecified atom stereocenters. The van der Waals surface area contributed by atoms with E-state index in [2.05, 4.69) is 25.9 Å². The van der Waals surface area contributed by atoms with E-state index in [1.807, 2.05) is 4.68 Å². The Morgan fingerprint density at radius 2 is 2.00 bits per heavy atom. The van der Waals surface area contributed by atoms with Crippen molar-refractivity contribution >= 4 is 5.91 Å². The summed E-state index contributed by atoms with van der Waals surface area (Å²) in [5.41, 5.74) is 1.87. The number of hydrogen-bond donors (Lipinski definition) is 0. The van der Waals surface area contributed by atoms with Crippen LogP contribution < -0.4 is 0 Å². The van der Waals surface area contributed by atoms with Gasteiger partial charge >= 0.3 is 0 Å². The molecule has 0 aliphatic carbocycles. The number of hydrogen-bond acceptors (Lipinski definition) is 2. The lowest BCUT2D eigenvalue weighted by Crippen LogP contribution is -2.38. The van der Waals surface area contributed by atoms with E-state index < -0.39 is 17.5 Å². The second-order valence-electron chi connectivity index (χ2n) is 6.80.